The molecule has 258 valence electrons. The highest BCUT2D eigenvalue weighted by atomic mass is 35.5. The number of piperazine rings is 1. The Hall–Kier alpha value is -4.26. The Labute approximate surface area is 290 Å². The van der Waals surface area contributed by atoms with Gasteiger partial charge in [-0.25, -0.2) is 4.79 Å². The number of unbranched alkanes of at least 4 members (excludes halogenated alkanes) is 1. The fraction of sp³-hybridized carbons (Fsp3) is 0.412. The van der Waals surface area contributed by atoms with E-state index < -0.39 is 24.0 Å². The fourth-order valence-corrected chi connectivity index (χ4v) is 6.05. The molecule has 2 heterocycles. The minimum atomic E-state index is -1.09. The van der Waals surface area contributed by atoms with E-state index in [1.807, 2.05) is 36.4 Å². The van der Waals surface area contributed by atoms with Crippen molar-refractivity contribution in [1.29, 1.82) is 0 Å². The Morgan fingerprint density at radius 2 is 1.67 bits per heavy atom. The van der Waals surface area contributed by atoms with Gasteiger partial charge in [-0.15, -0.1) is 0 Å². The third-order valence-corrected chi connectivity index (χ3v) is 8.73. The number of carbonyl (C=O) groups is 3. The van der Waals surface area contributed by atoms with E-state index >= 15 is 0 Å². The summed E-state index contributed by atoms with van der Waals surface area (Å²) in [7, 11) is 1.59. The number of carbonyl (C=O) groups excluding carboxylic acids is 3. The molecule has 1 aliphatic heterocycles. The van der Waals surface area contributed by atoms with Gasteiger partial charge in [0.15, 0.2) is 5.75 Å². The lowest BCUT2D eigenvalue weighted by Crippen LogP contribution is -2.58. The number of amides is 4. The molecule has 6 N–H and O–H groups in total. The van der Waals surface area contributed by atoms with E-state index in [0.717, 1.165) is 11.3 Å². The summed E-state index contributed by atoms with van der Waals surface area (Å²) in [6.45, 7) is 3.03. The molecule has 4 rings (SSSR count). The van der Waals surface area contributed by atoms with E-state index in [9.17, 15) is 19.5 Å². The number of pyridine rings is 1. The van der Waals surface area contributed by atoms with E-state index in [2.05, 4.69) is 25.8 Å². The van der Waals surface area contributed by atoms with Crippen molar-refractivity contribution in [3.63, 3.8) is 0 Å². The van der Waals surface area contributed by atoms with Crippen molar-refractivity contribution in [2.24, 2.45) is 5.73 Å². The van der Waals surface area contributed by atoms with Gasteiger partial charge in [-0.05, 0) is 79.8 Å². The average molecular weight is 701 g/mol. The molecule has 12 nitrogen and oxygen atoms in total. The molecular weight excluding hydrogens is 657 g/mol. The number of phenols is 1. The van der Waals surface area contributed by atoms with Crippen molar-refractivity contribution < 1.29 is 24.2 Å². The molecule has 1 aliphatic rings. The number of hydrogen-bond donors (Lipinski definition) is 5. The fourth-order valence-electron chi connectivity index (χ4n) is 5.52. The second-order valence-corrected chi connectivity index (χ2v) is 12.3. The van der Waals surface area contributed by atoms with Gasteiger partial charge in [-0.2, -0.15) is 0 Å². The lowest BCUT2D eigenvalue weighted by atomic mass is 10.0. The maximum absolute atomic E-state index is 13.9. The van der Waals surface area contributed by atoms with Gasteiger partial charge in [0.25, 0.3) is 0 Å². The molecule has 2 unspecified atom stereocenters. The van der Waals surface area contributed by atoms with Gasteiger partial charge in [0.2, 0.25) is 11.8 Å². The first-order valence-electron chi connectivity index (χ1n) is 16.0. The topological polar surface area (TPSA) is 162 Å². The van der Waals surface area contributed by atoms with Gasteiger partial charge in [0.05, 0.1) is 17.2 Å². The van der Waals surface area contributed by atoms with Crippen LogP contribution in [0.1, 0.15) is 30.4 Å². The predicted octanol–water partition coefficient (Wildman–Crippen LogP) is 3.52. The molecule has 48 heavy (non-hydrogen) atoms. The van der Waals surface area contributed by atoms with Crippen LogP contribution in [0.2, 0.25) is 10.0 Å². The van der Waals surface area contributed by atoms with E-state index in [4.69, 9.17) is 33.7 Å². The molecule has 14 heteroatoms. The molecule has 2 aromatic carbocycles. The number of halogens is 2. The smallest absolute Gasteiger partial charge is 0.315 e. The first-order chi connectivity index (χ1) is 23.2. The van der Waals surface area contributed by atoms with Gasteiger partial charge in [-0.3, -0.25) is 14.6 Å². The van der Waals surface area contributed by atoms with E-state index in [0.29, 0.717) is 76.3 Å². The number of aromatic nitrogens is 1. The first-order valence-corrected chi connectivity index (χ1v) is 16.7. The molecule has 0 radical (unpaired) electrons. The highest BCUT2D eigenvalue weighted by Gasteiger charge is 2.31. The summed E-state index contributed by atoms with van der Waals surface area (Å²) in [6, 6.07) is 11.9. The Morgan fingerprint density at radius 1 is 0.958 bits per heavy atom. The van der Waals surface area contributed by atoms with E-state index in [1.165, 1.54) is 12.1 Å². The second kappa shape index (κ2) is 18.3. The molecule has 0 aliphatic carbocycles. The van der Waals surface area contributed by atoms with Crippen LogP contribution >= 0.6 is 23.2 Å². The first kappa shape index (κ1) is 36.6. The predicted molar refractivity (Wildman–Crippen MR) is 187 cm³/mol. The van der Waals surface area contributed by atoms with Crippen LogP contribution in [-0.4, -0.2) is 91.3 Å². The Balaban J connectivity index is 1.45. The van der Waals surface area contributed by atoms with Crippen molar-refractivity contribution in [1.82, 2.24) is 25.8 Å². The van der Waals surface area contributed by atoms with Crippen LogP contribution in [0.3, 0.4) is 0 Å². The molecular formula is C34H43Cl2N7O5. The normalized spacial score (nSPS) is 14.2. The SMILES string of the molecule is COc1cccc(CCNC(=O)NC(Cc2cc(Cl)c(O)c(Cl)c2)C(=O)NC(CCCCN)C(=O)N2CCN(c3ccncc3)CC2)c1. The summed E-state index contributed by atoms with van der Waals surface area (Å²) < 4.78 is 5.27. The van der Waals surface area contributed by atoms with Gasteiger partial charge in [0.1, 0.15) is 17.8 Å². The number of phenolic OH excluding ortho intramolecular Hbond substituents is 1. The average Bonchev–Trinajstić information content (AvgIpc) is 3.10. The molecule has 0 saturated carbocycles. The number of urea groups is 1. The monoisotopic (exact) mass is 699 g/mol. The third-order valence-electron chi connectivity index (χ3n) is 8.15. The van der Waals surface area contributed by atoms with Crippen molar-refractivity contribution >= 4 is 46.7 Å². The van der Waals surface area contributed by atoms with E-state index in [1.54, 1.807) is 24.4 Å². The van der Waals surface area contributed by atoms with Gasteiger partial charge in [0, 0.05) is 57.2 Å². The third kappa shape index (κ3) is 10.6. The number of aromatic hydroxyl groups is 1. The number of anilines is 1. The van der Waals surface area contributed by atoms with Crippen molar-refractivity contribution in [2.45, 2.75) is 44.2 Å². The number of nitrogens with zero attached hydrogens (tertiary/aromatic N) is 3. The van der Waals surface area contributed by atoms with Crippen molar-refractivity contribution in [3.8, 4) is 11.5 Å². The van der Waals surface area contributed by atoms with Crippen LogP contribution in [0.15, 0.2) is 60.9 Å². The van der Waals surface area contributed by atoms with Gasteiger partial charge >= 0.3 is 6.03 Å². The lowest BCUT2D eigenvalue weighted by Gasteiger charge is -2.37. The lowest BCUT2D eigenvalue weighted by molar-refractivity contribution is -0.137. The summed E-state index contributed by atoms with van der Waals surface area (Å²) in [6.07, 6.45) is 5.74. The Kier molecular flexibility index (Phi) is 14.0. The van der Waals surface area contributed by atoms with Crippen molar-refractivity contribution in [2.75, 3.05) is 51.3 Å². The quantitative estimate of drug-likeness (QED) is 0.151. The summed E-state index contributed by atoms with van der Waals surface area (Å²) >= 11 is 12.3. The summed E-state index contributed by atoms with van der Waals surface area (Å²) in [5, 5.41) is 18.5. The molecule has 3 aromatic rings. The van der Waals surface area contributed by atoms with Gasteiger partial charge < -0.3 is 41.3 Å². The minimum Gasteiger partial charge on any atom is -0.505 e. The largest absolute Gasteiger partial charge is 0.505 e. The van der Waals surface area contributed by atoms with Crippen molar-refractivity contribution in [3.05, 3.63) is 82.1 Å². The standard InChI is InChI=1S/C34H43Cl2N7O5/c1-48-26-6-4-5-23(19-26)8-14-39-34(47)41-30(22-24-20-27(35)31(44)28(36)21-24)32(45)40-29(7-2-3-11-37)33(46)43-17-15-42(16-18-43)25-9-12-38-13-10-25/h4-6,9-10,12-13,19-21,29-30,44H,2-3,7-8,11,14-18,22,37H2,1H3,(H,40,45)(H2,39,41,47). The highest BCUT2D eigenvalue weighted by Crippen LogP contribution is 2.33. The maximum Gasteiger partial charge on any atom is 0.315 e. The number of nitrogens with one attached hydrogen (secondary N) is 3. The molecule has 1 saturated heterocycles. The number of hydrogen-bond acceptors (Lipinski definition) is 8. The minimum absolute atomic E-state index is 0.00315. The Morgan fingerprint density at radius 3 is 2.33 bits per heavy atom. The number of rotatable bonds is 15. The summed E-state index contributed by atoms with van der Waals surface area (Å²) in [5.74, 6) is -0.293. The second-order valence-electron chi connectivity index (χ2n) is 11.5. The number of benzene rings is 2. The van der Waals surface area contributed by atoms with Crippen LogP contribution < -0.4 is 31.3 Å². The van der Waals surface area contributed by atoms with E-state index in [-0.39, 0.29) is 28.1 Å². The Bertz CT molecular complexity index is 1500. The molecule has 1 aromatic heterocycles. The zero-order chi connectivity index (χ0) is 34.5. The molecule has 0 spiro atoms. The zero-order valence-corrected chi connectivity index (χ0v) is 28.5. The van der Waals surface area contributed by atoms with Gasteiger partial charge in [-0.1, -0.05) is 35.3 Å². The number of ether oxygens (including phenoxy) is 1. The summed E-state index contributed by atoms with van der Waals surface area (Å²) in [4.78, 5) is 48.7. The number of methoxy groups -OCH3 is 1. The van der Waals surface area contributed by atoms with Crippen LogP contribution in [0.4, 0.5) is 10.5 Å². The maximum atomic E-state index is 13.9. The van der Waals surface area contributed by atoms with Crippen LogP contribution in [0.5, 0.6) is 11.5 Å². The van der Waals surface area contributed by atoms with Crippen LogP contribution in [0, 0.1) is 0 Å². The molecule has 1 fully saturated rings. The van der Waals surface area contributed by atoms with Crippen LogP contribution in [0.25, 0.3) is 0 Å². The molecule has 2 atom stereocenters. The number of nitrogens with two attached hydrogens (primary N) is 1. The highest BCUT2D eigenvalue weighted by molar-refractivity contribution is 6.37. The zero-order valence-electron chi connectivity index (χ0n) is 27.0. The summed E-state index contributed by atoms with van der Waals surface area (Å²) in [5.41, 5.74) is 8.25. The van der Waals surface area contributed by atoms with Crippen LogP contribution in [-0.2, 0) is 22.4 Å². The molecule has 0 bridgehead atoms. The molecule has 4 amide bonds.